The van der Waals surface area contributed by atoms with Crippen LogP contribution in [-0.4, -0.2) is 15.9 Å². The van der Waals surface area contributed by atoms with Gasteiger partial charge in [0.15, 0.2) is 0 Å². The average molecular weight is 435 g/mol. The van der Waals surface area contributed by atoms with Gasteiger partial charge in [0.05, 0.1) is 5.69 Å². The SMILES string of the molecule is N#Cc1c(N)nc2sc(C(=O)NCc3cccnc3)c(N)c2c1-c1ccccc1Cl. The Hall–Kier alpha value is -3.67. The lowest BCUT2D eigenvalue weighted by Crippen LogP contribution is -2.22. The number of carbonyl (C=O) groups is 1. The van der Waals surface area contributed by atoms with Gasteiger partial charge in [0.2, 0.25) is 0 Å². The quantitative estimate of drug-likeness (QED) is 0.445. The van der Waals surface area contributed by atoms with Crippen molar-refractivity contribution >= 4 is 50.6 Å². The van der Waals surface area contributed by atoms with Gasteiger partial charge in [-0.2, -0.15) is 5.26 Å². The molecule has 1 aromatic carbocycles. The summed E-state index contributed by atoms with van der Waals surface area (Å²) in [7, 11) is 0. The fourth-order valence-corrected chi connectivity index (χ4v) is 4.41. The summed E-state index contributed by atoms with van der Waals surface area (Å²) in [5.41, 5.74) is 14.7. The van der Waals surface area contributed by atoms with Crippen LogP contribution in [0.25, 0.3) is 21.3 Å². The number of carbonyl (C=O) groups excluding carboxylic acids is 1. The maximum Gasteiger partial charge on any atom is 0.263 e. The highest BCUT2D eigenvalue weighted by Gasteiger charge is 2.25. The van der Waals surface area contributed by atoms with E-state index in [1.54, 1.807) is 42.7 Å². The van der Waals surface area contributed by atoms with E-state index >= 15 is 0 Å². The third-order valence-electron chi connectivity index (χ3n) is 4.54. The Bertz CT molecular complexity index is 1310. The van der Waals surface area contributed by atoms with Gasteiger partial charge in [-0.15, -0.1) is 11.3 Å². The average Bonchev–Trinajstić information content (AvgIpc) is 3.08. The summed E-state index contributed by atoms with van der Waals surface area (Å²) < 4.78 is 0. The van der Waals surface area contributed by atoms with E-state index in [2.05, 4.69) is 21.4 Å². The van der Waals surface area contributed by atoms with E-state index < -0.39 is 0 Å². The highest BCUT2D eigenvalue weighted by atomic mass is 35.5. The first-order valence-corrected chi connectivity index (χ1v) is 10.0. The van der Waals surface area contributed by atoms with Gasteiger partial charge in [0.25, 0.3) is 5.91 Å². The summed E-state index contributed by atoms with van der Waals surface area (Å²) >= 11 is 7.51. The molecule has 30 heavy (non-hydrogen) atoms. The minimum Gasteiger partial charge on any atom is -0.397 e. The molecule has 0 atom stereocenters. The van der Waals surface area contributed by atoms with Gasteiger partial charge in [-0.1, -0.05) is 35.9 Å². The number of halogens is 1. The highest BCUT2D eigenvalue weighted by molar-refractivity contribution is 7.21. The maximum atomic E-state index is 12.8. The number of amides is 1. The number of rotatable bonds is 4. The Labute approximate surface area is 180 Å². The van der Waals surface area contributed by atoms with E-state index in [-0.39, 0.29) is 23.0 Å². The van der Waals surface area contributed by atoms with Gasteiger partial charge in [0.1, 0.15) is 27.2 Å². The fourth-order valence-electron chi connectivity index (χ4n) is 3.15. The third-order valence-corrected chi connectivity index (χ3v) is 5.97. The molecule has 1 amide bonds. The molecule has 0 aliphatic carbocycles. The molecular weight excluding hydrogens is 420 g/mol. The molecule has 4 rings (SSSR count). The van der Waals surface area contributed by atoms with Crippen LogP contribution >= 0.6 is 22.9 Å². The van der Waals surface area contributed by atoms with Crippen LogP contribution in [0.5, 0.6) is 0 Å². The molecule has 148 valence electrons. The predicted octanol–water partition coefficient (Wildman–Crippen LogP) is 3.98. The second-order valence-electron chi connectivity index (χ2n) is 6.41. The number of nitrogens with zero attached hydrogens (tertiary/aromatic N) is 3. The Morgan fingerprint density at radius 2 is 2.03 bits per heavy atom. The van der Waals surface area contributed by atoms with Gasteiger partial charge in [-0.05, 0) is 17.7 Å². The Morgan fingerprint density at radius 3 is 2.73 bits per heavy atom. The Kier molecular flexibility index (Phi) is 5.23. The number of nitrogens with two attached hydrogens (primary N) is 2. The van der Waals surface area contributed by atoms with Crippen molar-refractivity contribution in [1.29, 1.82) is 5.26 Å². The molecule has 3 aromatic heterocycles. The van der Waals surface area contributed by atoms with Crippen LogP contribution in [0.2, 0.25) is 5.02 Å². The summed E-state index contributed by atoms with van der Waals surface area (Å²) in [5.74, 6) is -0.287. The number of fused-ring (bicyclic) bond motifs is 1. The van der Waals surface area contributed by atoms with Crippen molar-refractivity contribution < 1.29 is 4.79 Å². The summed E-state index contributed by atoms with van der Waals surface area (Å²) in [6, 6.07) is 12.8. The van der Waals surface area contributed by atoms with E-state index in [4.69, 9.17) is 23.1 Å². The second kappa shape index (κ2) is 7.99. The van der Waals surface area contributed by atoms with Crippen molar-refractivity contribution in [1.82, 2.24) is 15.3 Å². The number of benzene rings is 1. The van der Waals surface area contributed by atoms with Crippen molar-refractivity contribution in [2.24, 2.45) is 0 Å². The molecule has 0 saturated carbocycles. The monoisotopic (exact) mass is 434 g/mol. The van der Waals surface area contributed by atoms with Crippen LogP contribution in [0.15, 0.2) is 48.8 Å². The maximum absolute atomic E-state index is 12.8. The molecule has 0 radical (unpaired) electrons. The number of pyridine rings is 2. The van der Waals surface area contributed by atoms with Crippen molar-refractivity contribution in [3.05, 3.63) is 69.8 Å². The smallest absolute Gasteiger partial charge is 0.263 e. The largest absolute Gasteiger partial charge is 0.397 e. The van der Waals surface area contributed by atoms with Crippen LogP contribution in [0.1, 0.15) is 20.8 Å². The van der Waals surface area contributed by atoms with Crippen molar-refractivity contribution in [3.8, 4) is 17.2 Å². The number of thiophene rings is 1. The molecule has 0 saturated heterocycles. The molecule has 0 bridgehead atoms. The van der Waals surface area contributed by atoms with Crippen LogP contribution < -0.4 is 16.8 Å². The third kappa shape index (κ3) is 3.41. The topological polar surface area (TPSA) is 131 Å². The Morgan fingerprint density at radius 1 is 1.23 bits per heavy atom. The first-order valence-electron chi connectivity index (χ1n) is 8.84. The summed E-state index contributed by atoms with van der Waals surface area (Å²) in [6.07, 6.45) is 3.33. The van der Waals surface area contributed by atoms with E-state index in [0.29, 0.717) is 37.8 Å². The highest BCUT2D eigenvalue weighted by Crippen LogP contribution is 2.44. The standard InChI is InChI=1S/C21H15ClN6OS/c22-14-6-2-1-5-12(14)15-13(8-23)19(25)28-21-16(15)17(24)18(30-21)20(29)27-10-11-4-3-7-26-9-11/h1-7,9H,10,24H2,(H2,25,28)(H,27,29). The molecule has 4 aromatic rings. The minimum absolute atomic E-state index is 0.0588. The number of aromatic nitrogens is 2. The van der Waals surface area contributed by atoms with Crippen molar-refractivity contribution in [3.63, 3.8) is 0 Å². The molecule has 9 heteroatoms. The fraction of sp³-hybridized carbons (Fsp3) is 0.0476. The van der Waals surface area contributed by atoms with E-state index in [0.717, 1.165) is 16.9 Å². The van der Waals surface area contributed by atoms with E-state index in [1.807, 2.05) is 6.07 Å². The van der Waals surface area contributed by atoms with Gasteiger partial charge in [-0.25, -0.2) is 4.98 Å². The predicted molar refractivity (Wildman–Crippen MR) is 119 cm³/mol. The van der Waals surface area contributed by atoms with Gasteiger partial charge in [-0.3, -0.25) is 9.78 Å². The lowest BCUT2D eigenvalue weighted by molar-refractivity contribution is 0.0956. The second-order valence-corrected chi connectivity index (χ2v) is 7.81. The van der Waals surface area contributed by atoms with E-state index in [9.17, 15) is 10.1 Å². The van der Waals surface area contributed by atoms with Gasteiger partial charge in [0, 0.05) is 40.5 Å². The summed E-state index contributed by atoms with van der Waals surface area (Å²) in [6.45, 7) is 0.302. The Balaban J connectivity index is 1.84. The normalized spacial score (nSPS) is 10.7. The number of nitrogens with one attached hydrogen (secondary N) is 1. The van der Waals surface area contributed by atoms with Crippen molar-refractivity contribution in [2.75, 3.05) is 11.5 Å². The first-order chi connectivity index (χ1) is 14.5. The summed E-state index contributed by atoms with van der Waals surface area (Å²) in [4.78, 5) is 21.9. The molecule has 3 heterocycles. The molecule has 0 fully saturated rings. The molecular formula is C21H15ClN6OS. The van der Waals surface area contributed by atoms with E-state index in [1.165, 1.54) is 0 Å². The number of nitrogen functional groups attached to an aromatic ring is 2. The molecule has 0 aliphatic heterocycles. The van der Waals surface area contributed by atoms with Crippen LogP contribution in [0, 0.1) is 11.3 Å². The lowest BCUT2D eigenvalue weighted by atomic mass is 9.97. The lowest BCUT2D eigenvalue weighted by Gasteiger charge is -2.11. The molecule has 0 unspecified atom stereocenters. The van der Waals surface area contributed by atoms with Crippen LogP contribution in [0.4, 0.5) is 11.5 Å². The molecule has 5 N–H and O–H groups in total. The van der Waals surface area contributed by atoms with Gasteiger partial charge >= 0.3 is 0 Å². The van der Waals surface area contributed by atoms with Crippen LogP contribution in [0.3, 0.4) is 0 Å². The zero-order valence-corrected chi connectivity index (χ0v) is 17.1. The zero-order chi connectivity index (χ0) is 21.3. The number of hydrogen-bond donors (Lipinski definition) is 3. The van der Waals surface area contributed by atoms with Crippen molar-refractivity contribution in [2.45, 2.75) is 6.54 Å². The molecule has 0 aliphatic rings. The number of anilines is 2. The zero-order valence-electron chi connectivity index (χ0n) is 15.5. The first kappa shape index (κ1) is 19.6. The number of nitriles is 1. The van der Waals surface area contributed by atoms with Gasteiger partial charge < -0.3 is 16.8 Å². The summed E-state index contributed by atoms with van der Waals surface area (Å²) in [5, 5.41) is 13.5. The molecule has 0 spiro atoms. The number of hydrogen-bond acceptors (Lipinski definition) is 7. The molecule has 7 nitrogen and oxygen atoms in total. The minimum atomic E-state index is -0.346. The van der Waals surface area contributed by atoms with Crippen LogP contribution in [-0.2, 0) is 6.54 Å².